The second-order valence-corrected chi connectivity index (χ2v) is 4.63. The van der Waals surface area contributed by atoms with Gasteiger partial charge in [-0.2, -0.15) is 0 Å². The standard InChI is InChI=1S/C13H23NO5/c1-3-18-11(19-4-2)8-14-12(15)9-5-6-10(7-9)13(16)17/h9-11H,3-8H2,1-2H3,(H,14,15)(H,16,17). The Hall–Kier alpha value is -1.14. The van der Waals surface area contributed by atoms with Gasteiger partial charge in [-0.3, -0.25) is 9.59 Å². The summed E-state index contributed by atoms with van der Waals surface area (Å²) in [5, 5.41) is 11.7. The summed E-state index contributed by atoms with van der Waals surface area (Å²) in [5.74, 6) is -1.50. The van der Waals surface area contributed by atoms with E-state index in [0.717, 1.165) is 0 Å². The van der Waals surface area contributed by atoms with Gasteiger partial charge >= 0.3 is 5.97 Å². The first-order valence-electron chi connectivity index (χ1n) is 6.82. The Morgan fingerprint density at radius 1 is 1.21 bits per heavy atom. The highest BCUT2D eigenvalue weighted by atomic mass is 16.7. The van der Waals surface area contributed by atoms with E-state index >= 15 is 0 Å². The molecule has 0 aromatic carbocycles. The zero-order chi connectivity index (χ0) is 14.3. The molecule has 2 unspecified atom stereocenters. The van der Waals surface area contributed by atoms with E-state index in [4.69, 9.17) is 14.6 Å². The molecule has 6 nitrogen and oxygen atoms in total. The smallest absolute Gasteiger partial charge is 0.306 e. The predicted octanol–water partition coefficient (Wildman–Crippen LogP) is 1.00. The third-order valence-corrected chi connectivity index (χ3v) is 3.30. The van der Waals surface area contributed by atoms with Crippen LogP contribution in [0.25, 0.3) is 0 Å². The number of carbonyl (C=O) groups is 2. The van der Waals surface area contributed by atoms with Crippen molar-refractivity contribution in [3.05, 3.63) is 0 Å². The lowest BCUT2D eigenvalue weighted by Gasteiger charge is -2.18. The highest BCUT2D eigenvalue weighted by Crippen LogP contribution is 2.31. The summed E-state index contributed by atoms with van der Waals surface area (Å²) in [6.07, 6.45) is 1.20. The molecule has 0 bridgehead atoms. The molecule has 0 spiro atoms. The van der Waals surface area contributed by atoms with Gasteiger partial charge in [0.1, 0.15) is 0 Å². The number of ether oxygens (including phenoxy) is 2. The van der Waals surface area contributed by atoms with E-state index in [2.05, 4.69) is 5.32 Å². The van der Waals surface area contributed by atoms with E-state index in [1.807, 2.05) is 13.8 Å². The Balaban J connectivity index is 2.32. The Bertz CT molecular complexity index is 301. The maximum absolute atomic E-state index is 11.9. The molecule has 1 saturated carbocycles. The number of hydrogen-bond acceptors (Lipinski definition) is 4. The number of carboxylic acids is 1. The fourth-order valence-electron chi connectivity index (χ4n) is 2.31. The summed E-state index contributed by atoms with van der Waals surface area (Å²) in [5.41, 5.74) is 0. The molecule has 1 aliphatic rings. The van der Waals surface area contributed by atoms with Crippen LogP contribution >= 0.6 is 0 Å². The van der Waals surface area contributed by atoms with Crippen LogP contribution in [0.3, 0.4) is 0 Å². The minimum Gasteiger partial charge on any atom is -0.481 e. The van der Waals surface area contributed by atoms with Crippen LogP contribution in [0.4, 0.5) is 0 Å². The van der Waals surface area contributed by atoms with E-state index in [-0.39, 0.29) is 17.7 Å². The Morgan fingerprint density at radius 2 is 1.79 bits per heavy atom. The van der Waals surface area contributed by atoms with Crippen LogP contribution in [-0.2, 0) is 19.1 Å². The highest BCUT2D eigenvalue weighted by molar-refractivity contribution is 5.80. The lowest BCUT2D eigenvalue weighted by molar-refractivity contribution is -0.143. The Kier molecular flexibility index (Phi) is 6.80. The lowest BCUT2D eigenvalue weighted by Crippen LogP contribution is -2.38. The molecule has 0 saturated heterocycles. The van der Waals surface area contributed by atoms with Gasteiger partial charge in [0.25, 0.3) is 0 Å². The number of carboxylic acid groups (broad SMARTS) is 1. The van der Waals surface area contributed by atoms with Crippen molar-refractivity contribution in [1.82, 2.24) is 5.32 Å². The summed E-state index contributed by atoms with van der Waals surface area (Å²) < 4.78 is 10.6. The normalized spacial score (nSPS) is 22.7. The topological polar surface area (TPSA) is 84.9 Å². The molecular formula is C13H23NO5. The lowest BCUT2D eigenvalue weighted by atomic mass is 10.0. The molecule has 6 heteroatoms. The van der Waals surface area contributed by atoms with E-state index < -0.39 is 12.3 Å². The van der Waals surface area contributed by atoms with Crippen LogP contribution in [0.2, 0.25) is 0 Å². The van der Waals surface area contributed by atoms with Crippen LogP contribution in [0.15, 0.2) is 0 Å². The number of carbonyl (C=O) groups excluding carboxylic acids is 1. The van der Waals surface area contributed by atoms with Crippen molar-refractivity contribution < 1.29 is 24.2 Å². The quantitative estimate of drug-likeness (QED) is 0.644. The predicted molar refractivity (Wildman–Crippen MR) is 68.5 cm³/mol. The van der Waals surface area contributed by atoms with Gasteiger partial charge in [-0.05, 0) is 33.1 Å². The molecular weight excluding hydrogens is 250 g/mol. The highest BCUT2D eigenvalue weighted by Gasteiger charge is 2.33. The minimum absolute atomic E-state index is 0.104. The second-order valence-electron chi connectivity index (χ2n) is 4.63. The molecule has 0 aromatic heterocycles. The third kappa shape index (κ3) is 5.16. The van der Waals surface area contributed by atoms with Gasteiger partial charge in [0.15, 0.2) is 6.29 Å². The molecule has 0 heterocycles. The Morgan fingerprint density at radius 3 is 2.26 bits per heavy atom. The summed E-state index contributed by atoms with van der Waals surface area (Å²) in [4.78, 5) is 22.7. The maximum atomic E-state index is 11.9. The summed E-state index contributed by atoms with van der Waals surface area (Å²) in [6, 6.07) is 0. The molecule has 0 radical (unpaired) electrons. The van der Waals surface area contributed by atoms with Crippen molar-refractivity contribution in [3.8, 4) is 0 Å². The summed E-state index contributed by atoms with van der Waals surface area (Å²) in [6.45, 7) is 5.06. The number of rotatable bonds is 8. The fourth-order valence-corrected chi connectivity index (χ4v) is 2.31. The van der Waals surface area contributed by atoms with E-state index in [9.17, 15) is 9.59 Å². The van der Waals surface area contributed by atoms with Crippen LogP contribution in [0.1, 0.15) is 33.1 Å². The molecule has 0 aliphatic heterocycles. The number of nitrogens with one attached hydrogen (secondary N) is 1. The van der Waals surface area contributed by atoms with Crippen molar-refractivity contribution in [3.63, 3.8) is 0 Å². The molecule has 0 aromatic rings. The number of hydrogen-bond donors (Lipinski definition) is 2. The SMILES string of the molecule is CCOC(CNC(=O)C1CCC(C(=O)O)C1)OCC. The van der Waals surface area contributed by atoms with Gasteiger partial charge in [0.2, 0.25) is 5.91 Å². The molecule has 1 rings (SSSR count). The van der Waals surface area contributed by atoms with Gasteiger partial charge in [0, 0.05) is 19.1 Å². The Labute approximate surface area is 113 Å². The first-order valence-corrected chi connectivity index (χ1v) is 6.82. The average Bonchev–Trinajstić information content (AvgIpc) is 2.86. The molecule has 110 valence electrons. The zero-order valence-corrected chi connectivity index (χ0v) is 11.6. The van der Waals surface area contributed by atoms with Crippen molar-refractivity contribution in [2.24, 2.45) is 11.8 Å². The summed E-state index contributed by atoms with van der Waals surface area (Å²) >= 11 is 0. The molecule has 2 N–H and O–H groups in total. The first kappa shape index (κ1) is 15.9. The van der Waals surface area contributed by atoms with E-state index in [0.29, 0.717) is 39.0 Å². The van der Waals surface area contributed by atoms with Gasteiger partial charge < -0.3 is 19.9 Å². The second kappa shape index (κ2) is 8.12. The van der Waals surface area contributed by atoms with Crippen molar-refractivity contribution >= 4 is 11.9 Å². The fraction of sp³-hybridized carbons (Fsp3) is 0.846. The van der Waals surface area contributed by atoms with Gasteiger partial charge in [-0.1, -0.05) is 0 Å². The van der Waals surface area contributed by atoms with Crippen molar-refractivity contribution in [1.29, 1.82) is 0 Å². The van der Waals surface area contributed by atoms with Gasteiger partial charge in [0.05, 0.1) is 12.5 Å². The van der Waals surface area contributed by atoms with Gasteiger partial charge in [-0.25, -0.2) is 0 Å². The molecule has 1 aliphatic carbocycles. The molecule has 19 heavy (non-hydrogen) atoms. The minimum atomic E-state index is -0.809. The maximum Gasteiger partial charge on any atom is 0.306 e. The first-order chi connectivity index (χ1) is 9.08. The summed E-state index contributed by atoms with van der Waals surface area (Å²) in [7, 11) is 0. The van der Waals surface area contributed by atoms with Crippen LogP contribution < -0.4 is 5.32 Å². The molecule has 1 fully saturated rings. The number of amides is 1. The largest absolute Gasteiger partial charge is 0.481 e. The molecule has 1 amide bonds. The van der Waals surface area contributed by atoms with E-state index in [1.54, 1.807) is 0 Å². The zero-order valence-electron chi connectivity index (χ0n) is 11.6. The third-order valence-electron chi connectivity index (χ3n) is 3.30. The van der Waals surface area contributed by atoms with Crippen molar-refractivity contribution in [2.75, 3.05) is 19.8 Å². The molecule has 2 atom stereocenters. The average molecular weight is 273 g/mol. The van der Waals surface area contributed by atoms with Crippen LogP contribution in [0.5, 0.6) is 0 Å². The monoisotopic (exact) mass is 273 g/mol. The van der Waals surface area contributed by atoms with Gasteiger partial charge in [-0.15, -0.1) is 0 Å². The van der Waals surface area contributed by atoms with Crippen LogP contribution in [-0.4, -0.2) is 43.0 Å². The number of aliphatic carboxylic acids is 1. The van der Waals surface area contributed by atoms with E-state index in [1.165, 1.54) is 0 Å². The van der Waals surface area contributed by atoms with Crippen molar-refractivity contribution in [2.45, 2.75) is 39.4 Å². The van der Waals surface area contributed by atoms with Crippen LogP contribution in [0, 0.1) is 11.8 Å².